The Kier molecular flexibility index (Phi) is 3.60. The Balaban J connectivity index is 1.68. The van der Waals surface area contributed by atoms with E-state index in [9.17, 15) is 4.79 Å². The minimum atomic E-state index is -0.113. The van der Waals surface area contributed by atoms with E-state index in [4.69, 9.17) is 0 Å². The molecule has 3 aromatic rings. The molecule has 1 unspecified atom stereocenters. The van der Waals surface area contributed by atoms with Crippen molar-refractivity contribution in [3.63, 3.8) is 0 Å². The lowest BCUT2D eigenvalue weighted by atomic mass is 9.87. The van der Waals surface area contributed by atoms with Crippen LogP contribution in [0, 0.1) is 12.8 Å². The summed E-state index contributed by atoms with van der Waals surface area (Å²) in [6.45, 7) is 4.23. The van der Waals surface area contributed by atoms with Crippen LogP contribution in [0.25, 0.3) is 10.9 Å². The number of carbonyl (C=O) groups is 1. The number of rotatable bonds is 2. The van der Waals surface area contributed by atoms with Gasteiger partial charge in [-0.15, -0.1) is 0 Å². The quantitative estimate of drug-likeness (QED) is 0.742. The number of nitrogens with one attached hydrogen (secondary N) is 2. The van der Waals surface area contributed by atoms with E-state index in [1.807, 2.05) is 37.3 Å². The third-order valence-corrected chi connectivity index (χ3v) is 4.94. The maximum absolute atomic E-state index is 12.6. The standard InChI is InChI=1S/C20H21N3O/c1-12-5-7-17-15(10-12)16-11-14(6-8-18(16)22-17)20(24)23-19-13(2)4-3-9-21-19/h3-4,6,8-9,11-12,22H,5,7,10H2,1-2H3,(H,21,23,24). The molecule has 0 radical (unpaired) electrons. The van der Waals surface area contributed by atoms with Crippen molar-refractivity contribution in [2.75, 3.05) is 5.32 Å². The van der Waals surface area contributed by atoms with Crippen molar-refractivity contribution in [1.82, 2.24) is 9.97 Å². The fourth-order valence-corrected chi connectivity index (χ4v) is 3.53. The Morgan fingerprint density at radius 1 is 1.33 bits per heavy atom. The number of aromatic amines is 1. The lowest BCUT2D eigenvalue weighted by molar-refractivity contribution is 0.102. The second kappa shape index (κ2) is 5.78. The molecule has 0 spiro atoms. The highest BCUT2D eigenvalue weighted by molar-refractivity contribution is 6.06. The number of carbonyl (C=O) groups excluding carboxylic acids is 1. The molecule has 24 heavy (non-hydrogen) atoms. The van der Waals surface area contributed by atoms with Crippen molar-refractivity contribution in [1.29, 1.82) is 0 Å². The fraction of sp³-hybridized carbons (Fsp3) is 0.300. The maximum atomic E-state index is 12.6. The molecule has 0 aliphatic heterocycles. The molecule has 2 heterocycles. The number of H-pyrrole nitrogens is 1. The summed E-state index contributed by atoms with van der Waals surface area (Å²) in [4.78, 5) is 20.4. The first kappa shape index (κ1) is 14.9. The van der Waals surface area contributed by atoms with Gasteiger partial charge in [-0.3, -0.25) is 4.79 Å². The molecular weight excluding hydrogens is 298 g/mol. The van der Waals surface area contributed by atoms with E-state index in [1.54, 1.807) is 6.20 Å². The van der Waals surface area contributed by atoms with Crippen LogP contribution < -0.4 is 5.32 Å². The number of nitrogens with zero attached hydrogens (tertiary/aromatic N) is 1. The Labute approximate surface area is 141 Å². The summed E-state index contributed by atoms with van der Waals surface area (Å²) < 4.78 is 0. The smallest absolute Gasteiger partial charge is 0.256 e. The lowest BCUT2D eigenvalue weighted by Crippen LogP contribution is -2.14. The minimum absolute atomic E-state index is 0.113. The molecule has 0 fully saturated rings. The number of benzene rings is 1. The Hall–Kier alpha value is -2.62. The van der Waals surface area contributed by atoms with Crippen molar-refractivity contribution < 1.29 is 4.79 Å². The van der Waals surface area contributed by atoms with Crippen LogP contribution in [0.2, 0.25) is 0 Å². The molecule has 1 aliphatic rings. The second-order valence-electron chi connectivity index (χ2n) is 6.81. The van der Waals surface area contributed by atoms with Gasteiger partial charge in [0.05, 0.1) is 0 Å². The van der Waals surface area contributed by atoms with Gasteiger partial charge in [0.1, 0.15) is 5.82 Å². The molecule has 122 valence electrons. The molecule has 1 atom stereocenters. The lowest BCUT2D eigenvalue weighted by Gasteiger charge is -2.18. The van der Waals surface area contributed by atoms with Gasteiger partial charge in [-0.05, 0) is 67.5 Å². The summed E-state index contributed by atoms with van der Waals surface area (Å²) in [6, 6.07) is 9.70. The van der Waals surface area contributed by atoms with E-state index in [0.717, 1.165) is 23.9 Å². The number of aryl methyl sites for hydroxylation is 2. The van der Waals surface area contributed by atoms with Gasteiger partial charge in [-0.1, -0.05) is 13.0 Å². The predicted molar refractivity (Wildman–Crippen MR) is 96.4 cm³/mol. The van der Waals surface area contributed by atoms with Crippen molar-refractivity contribution in [2.24, 2.45) is 5.92 Å². The number of pyridine rings is 1. The summed E-state index contributed by atoms with van der Waals surface area (Å²) in [7, 11) is 0. The summed E-state index contributed by atoms with van der Waals surface area (Å²) in [5.41, 5.74) is 5.47. The molecule has 2 N–H and O–H groups in total. The average Bonchev–Trinajstić information content (AvgIpc) is 2.94. The molecular formula is C20H21N3O. The van der Waals surface area contributed by atoms with Crippen LogP contribution >= 0.6 is 0 Å². The SMILES string of the molecule is Cc1cccnc1NC(=O)c1ccc2[nH]c3c(c2c1)CC(C)CC3. The largest absolute Gasteiger partial charge is 0.358 e. The Morgan fingerprint density at radius 2 is 2.21 bits per heavy atom. The molecule has 1 aliphatic carbocycles. The summed E-state index contributed by atoms with van der Waals surface area (Å²) in [6.07, 6.45) is 5.10. The minimum Gasteiger partial charge on any atom is -0.358 e. The van der Waals surface area contributed by atoms with Crippen LogP contribution in [0.3, 0.4) is 0 Å². The van der Waals surface area contributed by atoms with Gasteiger partial charge in [0, 0.05) is 28.4 Å². The highest BCUT2D eigenvalue weighted by Crippen LogP contribution is 2.32. The molecule has 4 rings (SSSR count). The predicted octanol–water partition coefficient (Wildman–Crippen LogP) is 4.25. The van der Waals surface area contributed by atoms with Gasteiger partial charge in [0.25, 0.3) is 5.91 Å². The molecule has 4 heteroatoms. The molecule has 1 amide bonds. The van der Waals surface area contributed by atoms with Crippen LogP contribution in [0.1, 0.15) is 40.5 Å². The first-order valence-corrected chi connectivity index (χ1v) is 8.48. The number of fused-ring (bicyclic) bond motifs is 3. The van der Waals surface area contributed by atoms with Crippen LogP contribution in [-0.4, -0.2) is 15.9 Å². The number of aromatic nitrogens is 2. The van der Waals surface area contributed by atoms with E-state index in [2.05, 4.69) is 22.2 Å². The number of amides is 1. The van der Waals surface area contributed by atoms with E-state index in [-0.39, 0.29) is 5.91 Å². The van der Waals surface area contributed by atoms with Crippen molar-refractivity contribution in [3.05, 3.63) is 58.9 Å². The van der Waals surface area contributed by atoms with Gasteiger partial charge in [0.2, 0.25) is 0 Å². The highest BCUT2D eigenvalue weighted by atomic mass is 16.1. The average molecular weight is 319 g/mol. The fourth-order valence-electron chi connectivity index (χ4n) is 3.53. The number of hydrogen-bond donors (Lipinski definition) is 2. The molecule has 0 bridgehead atoms. The molecule has 2 aromatic heterocycles. The second-order valence-corrected chi connectivity index (χ2v) is 6.81. The van der Waals surface area contributed by atoms with Gasteiger partial charge in [-0.2, -0.15) is 0 Å². The van der Waals surface area contributed by atoms with Crippen LogP contribution in [0.5, 0.6) is 0 Å². The molecule has 0 saturated carbocycles. The monoisotopic (exact) mass is 319 g/mol. The third-order valence-electron chi connectivity index (χ3n) is 4.94. The van der Waals surface area contributed by atoms with Crippen molar-refractivity contribution in [3.8, 4) is 0 Å². The zero-order chi connectivity index (χ0) is 16.7. The number of hydrogen-bond acceptors (Lipinski definition) is 2. The molecule has 4 nitrogen and oxygen atoms in total. The van der Waals surface area contributed by atoms with Gasteiger partial charge < -0.3 is 10.3 Å². The van der Waals surface area contributed by atoms with Gasteiger partial charge >= 0.3 is 0 Å². The van der Waals surface area contributed by atoms with E-state index in [1.165, 1.54) is 23.1 Å². The van der Waals surface area contributed by atoms with Crippen LogP contribution in [-0.2, 0) is 12.8 Å². The summed E-state index contributed by atoms with van der Waals surface area (Å²) in [5.74, 6) is 1.20. The van der Waals surface area contributed by atoms with E-state index in [0.29, 0.717) is 17.3 Å². The zero-order valence-corrected chi connectivity index (χ0v) is 14.0. The molecule has 0 saturated heterocycles. The van der Waals surface area contributed by atoms with Crippen LogP contribution in [0.4, 0.5) is 5.82 Å². The van der Waals surface area contributed by atoms with E-state index >= 15 is 0 Å². The Morgan fingerprint density at radius 3 is 3.04 bits per heavy atom. The van der Waals surface area contributed by atoms with Gasteiger partial charge in [0.15, 0.2) is 0 Å². The van der Waals surface area contributed by atoms with E-state index < -0.39 is 0 Å². The van der Waals surface area contributed by atoms with Crippen molar-refractivity contribution >= 4 is 22.6 Å². The van der Waals surface area contributed by atoms with Crippen molar-refractivity contribution in [2.45, 2.75) is 33.1 Å². The Bertz CT molecular complexity index is 926. The van der Waals surface area contributed by atoms with Gasteiger partial charge in [-0.25, -0.2) is 4.98 Å². The highest BCUT2D eigenvalue weighted by Gasteiger charge is 2.20. The normalized spacial score (nSPS) is 16.8. The summed E-state index contributed by atoms with van der Waals surface area (Å²) >= 11 is 0. The zero-order valence-electron chi connectivity index (χ0n) is 14.0. The van der Waals surface area contributed by atoms with Crippen LogP contribution in [0.15, 0.2) is 36.5 Å². The first-order valence-electron chi connectivity index (χ1n) is 8.48. The molecule has 1 aromatic carbocycles. The summed E-state index contributed by atoms with van der Waals surface area (Å²) in [5, 5.41) is 4.09. The number of anilines is 1. The topological polar surface area (TPSA) is 57.8 Å². The first-order chi connectivity index (χ1) is 11.6. The maximum Gasteiger partial charge on any atom is 0.256 e. The third kappa shape index (κ3) is 2.58.